The number of carbonyl (C=O) groups is 2. The van der Waals surface area contributed by atoms with Gasteiger partial charge >= 0.3 is 0 Å². The number of carbonyl (C=O) groups excluding carboxylic acids is 2. The maximum Gasteiger partial charge on any atom is 0.227 e. The highest BCUT2D eigenvalue weighted by molar-refractivity contribution is 5.95. The lowest BCUT2D eigenvalue weighted by Crippen LogP contribution is -2.31. The highest BCUT2D eigenvalue weighted by Crippen LogP contribution is 2.30. The Bertz CT molecular complexity index is 818. The molecule has 27 heavy (non-hydrogen) atoms. The largest absolute Gasteiger partial charge is 0.338 e. The van der Waals surface area contributed by atoms with Crippen molar-refractivity contribution in [3.63, 3.8) is 0 Å². The number of benzene rings is 2. The van der Waals surface area contributed by atoms with E-state index in [-0.39, 0.29) is 17.7 Å². The summed E-state index contributed by atoms with van der Waals surface area (Å²) in [7, 11) is 0. The van der Waals surface area contributed by atoms with Crippen molar-refractivity contribution in [3.05, 3.63) is 65.7 Å². The molecule has 2 amide bonds. The van der Waals surface area contributed by atoms with Crippen LogP contribution in [-0.4, -0.2) is 29.8 Å². The Morgan fingerprint density at radius 3 is 2.56 bits per heavy atom. The maximum atomic E-state index is 12.9. The molecule has 4 nitrogen and oxygen atoms in total. The van der Waals surface area contributed by atoms with Crippen LogP contribution >= 0.6 is 0 Å². The zero-order valence-corrected chi connectivity index (χ0v) is 15.6. The first kappa shape index (κ1) is 17.8. The number of nitrogens with zero attached hydrogens (tertiary/aromatic N) is 2. The Balaban J connectivity index is 1.36. The highest BCUT2D eigenvalue weighted by Gasteiger charge is 2.28. The summed E-state index contributed by atoms with van der Waals surface area (Å²) in [5.74, 6) is 0.698. The average Bonchev–Trinajstić information content (AvgIpc) is 3.06. The molecule has 0 aliphatic carbocycles. The van der Waals surface area contributed by atoms with Gasteiger partial charge < -0.3 is 9.80 Å². The molecule has 2 heterocycles. The third kappa shape index (κ3) is 4.05. The van der Waals surface area contributed by atoms with Crippen molar-refractivity contribution in [2.75, 3.05) is 18.0 Å². The first-order chi connectivity index (χ1) is 13.2. The van der Waals surface area contributed by atoms with E-state index in [0.717, 1.165) is 43.6 Å². The molecule has 2 aromatic carbocycles. The number of anilines is 1. The SMILES string of the molecule is O=C1CCC(CC(=O)N2CCc3ccccc32)CCN1Cc1ccccc1. The second-order valence-electron chi connectivity index (χ2n) is 7.62. The van der Waals surface area contributed by atoms with Gasteiger partial charge in [0.15, 0.2) is 0 Å². The van der Waals surface area contributed by atoms with Crippen LogP contribution in [0.5, 0.6) is 0 Å². The summed E-state index contributed by atoms with van der Waals surface area (Å²) in [6.07, 6.45) is 3.74. The van der Waals surface area contributed by atoms with Gasteiger partial charge in [-0.1, -0.05) is 48.5 Å². The van der Waals surface area contributed by atoms with Gasteiger partial charge in [0.05, 0.1) is 0 Å². The topological polar surface area (TPSA) is 40.6 Å². The molecule has 1 saturated heterocycles. The molecule has 4 rings (SSSR count). The van der Waals surface area contributed by atoms with Gasteiger partial charge in [0.25, 0.3) is 0 Å². The van der Waals surface area contributed by atoms with E-state index in [0.29, 0.717) is 19.4 Å². The van der Waals surface area contributed by atoms with E-state index >= 15 is 0 Å². The van der Waals surface area contributed by atoms with Crippen molar-refractivity contribution in [1.29, 1.82) is 0 Å². The maximum absolute atomic E-state index is 12.9. The second kappa shape index (κ2) is 7.95. The van der Waals surface area contributed by atoms with Crippen LogP contribution in [0.3, 0.4) is 0 Å². The third-order valence-electron chi connectivity index (χ3n) is 5.79. The molecule has 0 aromatic heterocycles. The van der Waals surface area contributed by atoms with Gasteiger partial charge in [-0.25, -0.2) is 0 Å². The quantitative estimate of drug-likeness (QED) is 0.830. The third-order valence-corrected chi connectivity index (χ3v) is 5.79. The van der Waals surface area contributed by atoms with Crippen LogP contribution in [-0.2, 0) is 22.6 Å². The minimum atomic E-state index is 0.203. The molecule has 0 N–H and O–H groups in total. The van der Waals surface area contributed by atoms with Crippen molar-refractivity contribution < 1.29 is 9.59 Å². The van der Waals surface area contributed by atoms with Crippen LogP contribution in [0.2, 0.25) is 0 Å². The first-order valence-corrected chi connectivity index (χ1v) is 9.90. The van der Waals surface area contributed by atoms with Crippen molar-refractivity contribution in [2.24, 2.45) is 5.92 Å². The smallest absolute Gasteiger partial charge is 0.227 e. The van der Waals surface area contributed by atoms with Gasteiger partial charge in [0.2, 0.25) is 11.8 Å². The van der Waals surface area contributed by atoms with Gasteiger partial charge in [-0.3, -0.25) is 9.59 Å². The second-order valence-corrected chi connectivity index (χ2v) is 7.62. The minimum absolute atomic E-state index is 0.203. The molecule has 1 unspecified atom stereocenters. The van der Waals surface area contributed by atoms with Gasteiger partial charge in [0.1, 0.15) is 0 Å². The van der Waals surface area contributed by atoms with E-state index in [1.807, 2.05) is 46.2 Å². The number of hydrogen-bond acceptors (Lipinski definition) is 2. The Hall–Kier alpha value is -2.62. The van der Waals surface area contributed by atoms with Gasteiger partial charge in [-0.2, -0.15) is 0 Å². The van der Waals surface area contributed by atoms with E-state index in [9.17, 15) is 9.59 Å². The number of fused-ring (bicyclic) bond motifs is 1. The number of likely N-dealkylation sites (tertiary alicyclic amines) is 1. The van der Waals surface area contributed by atoms with Crippen LogP contribution in [0.1, 0.15) is 36.8 Å². The highest BCUT2D eigenvalue weighted by atomic mass is 16.2. The zero-order valence-electron chi connectivity index (χ0n) is 15.6. The lowest BCUT2D eigenvalue weighted by Gasteiger charge is -2.22. The Morgan fingerprint density at radius 2 is 1.70 bits per heavy atom. The van der Waals surface area contributed by atoms with Crippen LogP contribution in [0.25, 0.3) is 0 Å². The fourth-order valence-corrected chi connectivity index (χ4v) is 4.22. The molecular formula is C23H26N2O2. The predicted molar refractivity (Wildman–Crippen MR) is 106 cm³/mol. The van der Waals surface area contributed by atoms with Crippen LogP contribution < -0.4 is 4.90 Å². The lowest BCUT2D eigenvalue weighted by atomic mass is 9.96. The number of rotatable bonds is 4. The lowest BCUT2D eigenvalue weighted by molar-refractivity contribution is -0.131. The zero-order chi connectivity index (χ0) is 18.6. The summed E-state index contributed by atoms with van der Waals surface area (Å²) in [5.41, 5.74) is 3.49. The summed E-state index contributed by atoms with van der Waals surface area (Å²) < 4.78 is 0. The monoisotopic (exact) mass is 362 g/mol. The van der Waals surface area contributed by atoms with Crippen LogP contribution in [0.4, 0.5) is 5.69 Å². The summed E-state index contributed by atoms with van der Waals surface area (Å²) in [5, 5.41) is 0. The van der Waals surface area contributed by atoms with Gasteiger partial charge in [-0.15, -0.1) is 0 Å². The van der Waals surface area contributed by atoms with Crippen molar-refractivity contribution in [3.8, 4) is 0 Å². The molecule has 4 heteroatoms. The fourth-order valence-electron chi connectivity index (χ4n) is 4.22. The van der Waals surface area contributed by atoms with E-state index in [1.54, 1.807) is 0 Å². The summed E-state index contributed by atoms with van der Waals surface area (Å²) in [4.78, 5) is 29.3. The molecule has 0 bridgehead atoms. The molecule has 1 fully saturated rings. The summed E-state index contributed by atoms with van der Waals surface area (Å²) >= 11 is 0. The standard InChI is InChI=1S/C23H26N2O2/c26-22-11-10-18(12-14-24(22)17-19-6-2-1-3-7-19)16-23(27)25-15-13-20-8-4-5-9-21(20)25/h1-9,18H,10-17H2. The van der Waals surface area contributed by atoms with E-state index < -0.39 is 0 Å². The fraction of sp³-hybridized carbons (Fsp3) is 0.391. The van der Waals surface area contributed by atoms with Crippen molar-refractivity contribution in [2.45, 2.75) is 38.6 Å². The first-order valence-electron chi connectivity index (χ1n) is 9.90. The normalized spacial score (nSPS) is 19.7. The van der Waals surface area contributed by atoms with E-state index in [1.165, 1.54) is 5.56 Å². The number of hydrogen-bond donors (Lipinski definition) is 0. The predicted octanol–water partition coefficient (Wildman–Crippen LogP) is 3.79. The molecular weight excluding hydrogens is 336 g/mol. The summed E-state index contributed by atoms with van der Waals surface area (Å²) in [6, 6.07) is 18.3. The molecule has 2 aliphatic rings. The molecule has 140 valence electrons. The van der Waals surface area contributed by atoms with E-state index in [4.69, 9.17) is 0 Å². The average molecular weight is 362 g/mol. The van der Waals surface area contributed by atoms with Gasteiger partial charge in [0, 0.05) is 38.2 Å². The molecule has 1 atom stereocenters. The Labute approximate surface area is 160 Å². The van der Waals surface area contributed by atoms with Crippen molar-refractivity contribution in [1.82, 2.24) is 4.90 Å². The number of amides is 2. The Morgan fingerprint density at radius 1 is 0.926 bits per heavy atom. The summed E-state index contributed by atoms with van der Waals surface area (Å²) in [6.45, 7) is 2.19. The van der Waals surface area contributed by atoms with Crippen molar-refractivity contribution >= 4 is 17.5 Å². The van der Waals surface area contributed by atoms with Gasteiger partial charge in [-0.05, 0) is 42.4 Å². The molecule has 0 radical (unpaired) electrons. The van der Waals surface area contributed by atoms with Crippen LogP contribution in [0.15, 0.2) is 54.6 Å². The minimum Gasteiger partial charge on any atom is -0.338 e. The Kier molecular flexibility index (Phi) is 5.23. The van der Waals surface area contributed by atoms with Crippen LogP contribution in [0, 0.1) is 5.92 Å². The molecule has 0 spiro atoms. The molecule has 0 saturated carbocycles. The number of para-hydroxylation sites is 1. The molecule has 2 aromatic rings. The van der Waals surface area contributed by atoms with E-state index in [2.05, 4.69) is 18.2 Å². The molecule has 2 aliphatic heterocycles.